The Morgan fingerprint density at radius 1 is 1.00 bits per heavy atom. The van der Waals surface area contributed by atoms with E-state index in [2.05, 4.69) is 40.1 Å². The Labute approximate surface area is 127 Å². The lowest BCUT2D eigenvalue weighted by atomic mass is 9.94. The molecule has 4 rings (SSSR count). The highest BCUT2D eigenvalue weighted by atomic mass is 19.1. The van der Waals surface area contributed by atoms with E-state index in [0.29, 0.717) is 6.04 Å². The van der Waals surface area contributed by atoms with Gasteiger partial charge in [0.25, 0.3) is 0 Å². The molecule has 3 heteroatoms. The predicted octanol–water partition coefficient (Wildman–Crippen LogP) is 3.33. The average Bonchev–Trinajstić information content (AvgIpc) is 2.79. The minimum absolute atomic E-state index is 0.166. The molecule has 3 aliphatic rings. The quantitative estimate of drug-likeness (QED) is 0.742. The summed E-state index contributed by atoms with van der Waals surface area (Å²) in [5.41, 5.74) is 1.43. The van der Waals surface area contributed by atoms with Gasteiger partial charge in [0.2, 0.25) is 0 Å². The van der Waals surface area contributed by atoms with E-state index in [4.69, 9.17) is 0 Å². The fourth-order valence-corrected chi connectivity index (χ4v) is 3.90. The molecule has 2 bridgehead atoms. The SMILES string of the molecule is FCCCCN1C[C@@H]2CC[C@H](C1)N(Cc1ccccc1)C2. The van der Waals surface area contributed by atoms with E-state index in [9.17, 15) is 4.39 Å². The van der Waals surface area contributed by atoms with Gasteiger partial charge in [-0.25, -0.2) is 0 Å². The third kappa shape index (κ3) is 4.04. The first-order chi connectivity index (χ1) is 10.3. The fraction of sp³-hybridized carbons (Fsp3) is 0.667. The Kier molecular flexibility index (Phi) is 5.26. The average molecular weight is 290 g/mol. The monoisotopic (exact) mass is 290 g/mol. The van der Waals surface area contributed by atoms with E-state index in [1.54, 1.807) is 0 Å². The molecule has 21 heavy (non-hydrogen) atoms. The molecule has 0 aromatic heterocycles. The van der Waals surface area contributed by atoms with Crippen LogP contribution in [0, 0.1) is 5.92 Å². The van der Waals surface area contributed by atoms with Gasteiger partial charge in [-0.15, -0.1) is 0 Å². The number of fused-ring (bicyclic) bond motifs is 4. The molecule has 3 saturated heterocycles. The molecule has 1 aromatic rings. The minimum atomic E-state index is -0.166. The van der Waals surface area contributed by atoms with Crippen molar-refractivity contribution in [2.24, 2.45) is 5.92 Å². The molecule has 3 heterocycles. The topological polar surface area (TPSA) is 6.48 Å². The van der Waals surface area contributed by atoms with Gasteiger partial charge in [0.1, 0.15) is 0 Å². The third-order valence-corrected chi connectivity index (χ3v) is 4.99. The molecule has 0 radical (unpaired) electrons. The zero-order valence-electron chi connectivity index (χ0n) is 12.9. The van der Waals surface area contributed by atoms with Crippen LogP contribution in [0.4, 0.5) is 4.39 Å². The third-order valence-electron chi connectivity index (χ3n) is 4.99. The number of piperidine rings is 1. The van der Waals surface area contributed by atoms with Crippen LogP contribution in [0.1, 0.15) is 31.2 Å². The highest BCUT2D eigenvalue weighted by Gasteiger charge is 2.34. The predicted molar refractivity (Wildman–Crippen MR) is 85.0 cm³/mol. The summed E-state index contributed by atoms with van der Waals surface area (Å²) >= 11 is 0. The molecular weight excluding hydrogens is 263 g/mol. The van der Waals surface area contributed by atoms with Gasteiger partial charge in [-0.3, -0.25) is 9.29 Å². The van der Waals surface area contributed by atoms with E-state index in [0.717, 1.165) is 31.8 Å². The number of hydrogen-bond acceptors (Lipinski definition) is 2. The van der Waals surface area contributed by atoms with Crippen molar-refractivity contribution in [3.8, 4) is 0 Å². The van der Waals surface area contributed by atoms with Crippen LogP contribution in [0.15, 0.2) is 30.3 Å². The highest BCUT2D eigenvalue weighted by molar-refractivity contribution is 5.15. The van der Waals surface area contributed by atoms with Crippen molar-refractivity contribution in [3.63, 3.8) is 0 Å². The number of halogens is 1. The molecule has 3 fully saturated rings. The maximum Gasteiger partial charge on any atom is 0.0894 e. The van der Waals surface area contributed by atoms with Crippen LogP contribution < -0.4 is 0 Å². The Morgan fingerprint density at radius 2 is 1.86 bits per heavy atom. The van der Waals surface area contributed by atoms with E-state index in [1.807, 2.05) is 0 Å². The summed E-state index contributed by atoms with van der Waals surface area (Å²) in [5, 5.41) is 0. The van der Waals surface area contributed by atoms with Gasteiger partial charge >= 0.3 is 0 Å². The summed E-state index contributed by atoms with van der Waals surface area (Å²) in [6.45, 7) is 5.63. The highest BCUT2D eigenvalue weighted by Crippen LogP contribution is 2.29. The lowest BCUT2D eigenvalue weighted by Gasteiger charge is -2.36. The number of unbranched alkanes of at least 4 members (excludes halogenated alkanes) is 1. The summed E-state index contributed by atoms with van der Waals surface area (Å²) in [5.74, 6) is 0.804. The molecule has 0 saturated carbocycles. The van der Waals surface area contributed by atoms with Gasteiger partial charge in [-0.2, -0.15) is 0 Å². The van der Waals surface area contributed by atoms with Gasteiger partial charge in [0, 0.05) is 32.2 Å². The number of nitrogens with zero attached hydrogens (tertiary/aromatic N) is 2. The van der Waals surface area contributed by atoms with E-state index in [1.165, 1.54) is 38.0 Å². The smallest absolute Gasteiger partial charge is 0.0894 e. The molecule has 0 amide bonds. The van der Waals surface area contributed by atoms with Crippen molar-refractivity contribution in [2.75, 3.05) is 32.9 Å². The molecule has 2 nitrogen and oxygen atoms in total. The molecule has 0 aliphatic carbocycles. The van der Waals surface area contributed by atoms with Crippen molar-refractivity contribution >= 4 is 0 Å². The number of rotatable bonds is 6. The van der Waals surface area contributed by atoms with Gasteiger partial charge in [0.15, 0.2) is 0 Å². The molecular formula is C18H27FN2. The maximum absolute atomic E-state index is 12.3. The second kappa shape index (κ2) is 7.37. The van der Waals surface area contributed by atoms with Crippen molar-refractivity contribution < 1.29 is 4.39 Å². The molecule has 1 aromatic carbocycles. The maximum atomic E-state index is 12.3. The van der Waals surface area contributed by atoms with Crippen LogP contribution >= 0.6 is 0 Å². The van der Waals surface area contributed by atoms with Gasteiger partial charge < -0.3 is 4.90 Å². The standard InChI is InChI=1S/C18H27FN2/c19-10-4-5-11-20-12-17-8-9-18(15-20)21(14-17)13-16-6-2-1-3-7-16/h1-3,6-7,17-18H,4-5,8-15H2/t17-,18+/m0/s1. The van der Waals surface area contributed by atoms with Crippen molar-refractivity contribution in [1.29, 1.82) is 0 Å². The van der Waals surface area contributed by atoms with Gasteiger partial charge in [0.05, 0.1) is 6.67 Å². The Morgan fingerprint density at radius 3 is 2.67 bits per heavy atom. The van der Waals surface area contributed by atoms with Crippen molar-refractivity contribution in [2.45, 2.75) is 38.3 Å². The Hall–Kier alpha value is -0.930. The normalized spacial score (nSPS) is 26.9. The Balaban J connectivity index is 1.58. The van der Waals surface area contributed by atoms with Gasteiger partial charge in [-0.05, 0) is 43.7 Å². The minimum Gasteiger partial charge on any atom is -0.301 e. The van der Waals surface area contributed by atoms with E-state index in [-0.39, 0.29) is 6.67 Å². The van der Waals surface area contributed by atoms with E-state index >= 15 is 0 Å². The zero-order chi connectivity index (χ0) is 14.5. The number of alkyl halides is 1. The summed E-state index contributed by atoms with van der Waals surface area (Å²) in [7, 11) is 0. The molecule has 0 spiro atoms. The van der Waals surface area contributed by atoms with Crippen LogP contribution in [-0.4, -0.2) is 48.7 Å². The molecule has 3 aliphatic heterocycles. The molecule has 0 unspecified atom stereocenters. The lowest BCUT2D eigenvalue weighted by molar-refractivity contribution is 0.123. The first-order valence-corrected chi connectivity index (χ1v) is 8.41. The van der Waals surface area contributed by atoms with Crippen molar-refractivity contribution in [3.05, 3.63) is 35.9 Å². The number of benzene rings is 1. The van der Waals surface area contributed by atoms with Crippen LogP contribution in [0.5, 0.6) is 0 Å². The van der Waals surface area contributed by atoms with Crippen LogP contribution in [0.3, 0.4) is 0 Å². The van der Waals surface area contributed by atoms with Crippen LogP contribution in [-0.2, 0) is 6.54 Å². The molecule has 116 valence electrons. The van der Waals surface area contributed by atoms with Gasteiger partial charge in [-0.1, -0.05) is 30.3 Å². The summed E-state index contributed by atoms with van der Waals surface area (Å²) in [6, 6.07) is 11.5. The van der Waals surface area contributed by atoms with Crippen LogP contribution in [0.2, 0.25) is 0 Å². The second-order valence-corrected chi connectivity index (χ2v) is 6.67. The summed E-state index contributed by atoms with van der Waals surface area (Å²) < 4.78 is 12.3. The lowest BCUT2D eigenvalue weighted by Crippen LogP contribution is -2.43. The summed E-state index contributed by atoms with van der Waals surface area (Å²) in [4.78, 5) is 5.27. The zero-order valence-corrected chi connectivity index (χ0v) is 12.9. The Bertz CT molecular complexity index is 422. The van der Waals surface area contributed by atoms with E-state index < -0.39 is 0 Å². The fourth-order valence-electron chi connectivity index (χ4n) is 3.90. The van der Waals surface area contributed by atoms with Crippen molar-refractivity contribution in [1.82, 2.24) is 9.80 Å². The second-order valence-electron chi connectivity index (χ2n) is 6.67. The molecule has 0 N–H and O–H groups in total. The molecule has 2 atom stereocenters. The largest absolute Gasteiger partial charge is 0.301 e. The van der Waals surface area contributed by atoms with Crippen LogP contribution in [0.25, 0.3) is 0 Å². The number of hydrogen-bond donors (Lipinski definition) is 0. The first kappa shape index (κ1) is 15.0. The summed E-state index contributed by atoms with van der Waals surface area (Å²) in [6.07, 6.45) is 4.43. The first-order valence-electron chi connectivity index (χ1n) is 8.41.